The highest BCUT2D eigenvalue weighted by Gasteiger charge is 2.27. The van der Waals surface area contributed by atoms with Crippen LogP contribution in [0.1, 0.15) is 37.0 Å². The SMILES string of the molecule is CCC(CC)[C@@H](CNC(=O)c1ccc2ccccc2c1)N1CCOCC1. The molecule has 2 aromatic rings. The normalized spacial score (nSPS) is 16.7. The maximum absolute atomic E-state index is 12.7. The molecule has 0 bridgehead atoms. The van der Waals surface area contributed by atoms with E-state index in [4.69, 9.17) is 4.74 Å². The molecule has 0 saturated carbocycles. The number of fused-ring (bicyclic) bond motifs is 1. The average Bonchev–Trinajstić information content (AvgIpc) is 2.71. The smallest absolute Gasteiger partial charge is 0.251 e. The Labute approximate surface area is 156 Å². The molecule has 4 nitrogen and oxygen atoms in total. The average molecular weight is 354 g/mol. The zero-order valence-corrected chi connectivity index (χ0v) is 15.9. The van der Waals surface area contributed by atoms with Crippen molar-refractivity contribution in [1.82, 2.24) is 10.2 Å². The fraction of sp³-hybridized carbons (Fsp3) is 0.500. The number of morpholine rings is 1. The minimum Gasteiger partial charge on any atom is -0.379 e. The van der Waals surface area contributed by atoms with E-state index >= 15 is 0 Å². The van der Waals surface area contributed by atoms with Crippen molar-refractivity contribution in [3.63, 3.8) is 0 Å². The molecule has 0 spiro atoms. The maximum Gasteiger partial charge on any atom is 0.251 e. The summed E-state index contributed by atoms with van der Waals surface area (Å²) in [5.74, 6) is 0.602. The molecule has 1 N–H and O–H groups in total. The van der Waals surface area contributed by atoms with Gasteiger partial charge in [-0.3, -0.25) is 9.69 Å². The second-order valence-electron chi connectivity index (χ2n) is 7.06. The Morgan fingerprint density at radius 1 is 1.08 bits per heavy atom. The zero-order chi connectivity index (χ0) is 18.4. The quantitative estimate of drug-likeness (QED) is 0.824. The van der Waals surface area contributed by atoms with Gasteiger partial charge in [-0.1, -0.05) is 57.0 Å². The van der Waals surface area contributed by atoms with Crippen LogP contribution in [0, 0.1) is 5.92 Å². The minimum absolute atomic E-state index is 0.0139. The van der Waals surface area contributed by atoms with Gasteiger partial charge in [-0.05, 0) is 28.8 Å². The van der Waals surface area contributed by atoms with E-state index in [1.165, 1.54) is 0 Å². The molecule has 26 heavy (non-hydrogen) atoms. The van der Waals surface area contributed by atoms with Crippen LogP contribution in [0.15, 0.2) is 42.5 Å². The molecular weight excluding hydrogens is 324 g/mol. The fourth-order valence-corrected chi connectivity index (χ4v) is 3.97. The molecule has 3 rings (SSSR count). The van der Waals surface area contributed by atoms with Crippen LogP contribution in [0.4, 0.5) is 0 Å². The molecule has 4 heteroatoms. The molecule has 1 saturated heterocycles. The lowest BCUT2D eigenvalue weighted by Crippen LogP contribution is -2.52. The van der Waals surface area contributed by atoms with Crippen molar-refractivity contribution in [3.8, 4) is 0 Å². The van der Waals surface area contributed by atoms with Gasteiger partial charge < -0.3 is 10.1 Å². The van der Waals surface area contributed by atoms with Crippen LogP contribution in [-0.2, 0) is 4.74 Å². The second-order valence-corrected chi connectivity index (χ2v) is 7.06. The molecule has 0 unspecified atom stereocenters. The van der Waals surface area contributed by atoms with Crippen LogP contribution in [0.5, 0.6) is 0 Å². The predicted molar refractivity (Wildman–Crippen MR) is 107 cm³/mol. The highest BCUT2D eigenvalue weighted by Crippen LogP contribution is 2.20. The number of amides is 1. The summed E-state index contributed by atoms with van der Waals surface area (Å²) >= 11 is 0. The van der Waals surface area contributed by atoms with E-state index in [-0.39, 0.29) is 5.91 Å². The van der Waals surface area contributed by atoms with E-state index in [1.54, 1.807) is 0 Å². The van der Waals surface area contributed by atoms with Crippen molar-refractivity contribution in [2.75, 3.05) is 32.8 Å². The van der Waals surface area contributed by atoms with Gasteiger partial charge in [-0.2, -0.15) is 0 Å². The monoisotopic (exact) mass is 354 g/mol. The summed E-state index contributed by atoms with van der Waals surface area (Å²) in [7, 11) is 0. The Morgan fingerprint density at radius 3 is 2.46 bits per heavy atom. The number of rotatable bonds is 7. The van der Waals surface area contributed by atoms with Crippen LogP contribution in [0.25, 0.3) is 10.8 Å². The predicted octanol–water partition coefficient (Wildman–Crippen LogP) is 3.71. The third kappa shape index (κ3) is 4.43. The molecular formula is C22H30N2O2. The summed E-state index contributed by atoms with van der Waals surface area (Å²) in [6.07, 6.45) is 2.26. The number of carbonyl (C=O) groups excluding carboxylic acids is 1. The summed E-state index contributed by atoms with van der Waals surface area (Å²) in [6.45, 7) is 8.65. The molecule has 0 aromatic heterocycles. The Balaban J connectivity index is 1.69. The van der Waals surface area contributed by atoms with Crippen molar-refractivity contribution >= 4 is 16.7 Å². The third-order valence-electron chi connectivity index (χ3n) is 5.59. The fourth-order valence-electron chi connectivity index (χ4n) is 3.97. The van der Waals surface area contributed by atoms with Gasteiger partial charge >= 0.3 is 0 Å². The second kappa shape index (κ2) is 9.15. The van der Waals surface area contributed by atoms with E-state index in [0.717, 1.165) is 55.5 Å². The summed E-state index contributed by atoms with van der Waals surface area (Å²) in [6, 6.07) is 14.4. The number of ether oxygens (including phenoxy) is 1. The van der Waals surface area contributed by atoms with Crippen molar-refractivity contribution in [1.29, 1.82) is 0 Å². The first-order valence-electron chi connectivity index (χ1n) is 9.81. The van der Waals surface area contributed by atoms with Crippen molar-refractivity contribution in [2.24, 2.45) is 5.92 Å². The van der Waals surface area contributed by atoms with E-state index in [2.05, 4.69) is 30.1 Å². The van der Waals surface area contributed by atoms with Gasteiger partial charge in [0.25, 0.3) is 5.91 Å². The topological polar surface area (TPSA) is 41.6 Å². The molecule has 1 atom stereocenters. The largest absolute Gasteiger partial charge is 0.379 e. The van der Waals surface area contributed by atoms with E-state index < -0.39 is 0 Å². The first-order valence-corrected chi connectivity index (χ1v) is 9.81. The van der Waals surface area contributed by atoms with Crippen LogP contribution in [-0.4, -0.2) is 49.7 Å². The molecule has 1 heterocycles. The minimum atomic E-state index is 0.0139. The van der Waals surface area contributed by atoms with Gasteiger partial charge in [0.05, 0.1) is 13.2 Å². The number of hydrogen-bond acceptors (Lipinski definition) is 3. The number of benzene rings is 2. The number of nitrogens with one attached hydrogen (secondary N) is 1. The van der Waals surface area contributed by atoms with Crippen LogP contribution in [0.2, 0.25) is 0 Å². The summed E-state index contributed by atoms with van der Waals surface area (Å²) in [5, 5.41) is 5.45. The summed E-state index contributed by atoms with van der Waals surface area (Å²) in [4.78, 5) is 15.2. The number of nitrogens with zero attached hydrogens (tertiary/aromatic N) is 1. The van der Waals surface area contributed by atoms with Crippen molar-refractivity contribution in [2.45, 2.75) is 32.7 Å². The van der Waals surface area contributed by atoms with Gasteiger partial charge in [0, 0.05) is 31.2 Å². The lowest BCUT2D eigenvalue weighted by molar-refractivity contribution is 0.00191. The van der Waals surface area contributed by atoms with Gasteiger partial charge in [-0.25, -0.2) is 0 Å². The summed E-state index contributed by atoms with van der Waals surface area (Å²) < 4.78 is 5.50. The van der Waals surface area contributed by atoms with Gasteiger partial charge in [0.15, 0.2) is 0 Å². The van der Waals surface area contributed by atoms with E-state index in [0.29, 0.717) is 18.5 Å². The first-order chi connectivity index (χ1) is 12.7. The number of hydrogen-bond donors (Lipinski definition) is 1. The van der Waals surface area contributed by atoms with Crippen LogP contribution in [0.3, 0.4) is 0 Å². The van der Waals surface area contributed by atoms with Gasteiger partial charge in [0.2, 0.25) is 0 Å². The van der Waals surface area contributed by atoms with E-state index in [1.807, 2.05) is 36.4 Å². The maximum atomic E-state index is 12.7. The summed E-state index contributed by atoms with van der Waals surface area (Å²) in [5.41, 5.74) is 0.731. The van der Waals surface area contributed by atoms with E-state index in [9.17, 15) is 4.79 Å². The molecule has 1 fully saturated rings. The molecule has 0 radical (unpaired) electrons. The molecule has 1 aliphatic rings. The molecule has 1 amide bonds. The Hall–Kier alpha value is -1.91. The third-order valence-corrected chi connectivity index (χ3v) is 5.59. The Morgan fingerprint density at radius 2 is 1.77 bits per heavy atom. The van der Waals surface area contributed by atoms with Gasteiger partial charge in [0.1, 0.15) is 0 Å². The highest BCUT2D eigenvalue weighted by atomic mass is 16.5. The standard InChI is InChI=1S/C22H30N2O2/c1-3-17(4-2)21(24-11-13-26-14-12-24)16-23-22(25)20-10-9-18-7-5-6-8-19(18)15-20/h5-10,15,17,21H,3-4,11-14,16H2,1-2H3,(H,23,25)/t21-/m1/s1. The molecule has 2 aromatic carbocycles. The van der Waals surface area contributed by atoms with Crippen LogP contribution >= 0.6 is 0 Å². The molecule has 140 valence electrons. The lowest BCUT2D eigenvalue weighted by Gasteiger charge is -2.38. The van der Waals surface area contributed by atoms with Crippen molar-refractivity contribution in [3.05, 3.63) is 48.0 Å². The molecule has 1 aliphatic heterocycles. The lowest BCUT2D eigenvalue weighted by atomic mass is 9.92. The zero-order valence-electron chi connectivity index (χ0n) is 15.9. The Bertz CT molecular complexity index is 721. The number of carbonyl (C=O) groups is 1. The Kier molecular flexibility index (Phi) is 6.64. The first kappa shape index (κ1) is 18.9. The molecule has 0 aliphatic carbocycles. The van der Waals surface area contributed by atoms with Crippen LogP contribution < -0.4 is 5.32 Å². The highest BCUT2D eigenvalue weighted by molar-refractivity contribution is 5.98. The van der Waals surface area contributed by atoms with Crippen molar-refractivity contribution < 1.29 is 9.53 Å². The van der Waals surface area contributed by atoms with Gasteiger partial charge in [-0.15, -0.1) is 0 Å².